The van der Waals surface area contributed by atoms with E-state index in [4.69, 9.17) is 5.73 Å². The van der Waals surface area contributed by atoms with Gasteiger partial charge in [0.05, 0.1) is 0 Å². The van der Waals surface area contributed by atoms with E-state index in [1.54, 1.807) is 12.1 Å². The van der Waals surface area contributed by atoms with E-state index in [-0.39, 0.29) is 11.9 Å². The van der Waals surface area contributed by atoms with Gasteiger partial charge in [-0.05, 0) is 43.5 Å². The normalized spacial score (nSPS) is 19.2. The molecule has 0 spiro atoms. The van der Waals surface area contributed by atoms with Gasteiger partial charge in [0.1, 0.15) is 5.82 Å². The van der Waals surface area contributed by atoms with Crippen molar-refractivity contribution in [3.8, 4) is 0 Å². The van der Waals surface area contributed by atoms with Crippen LogP contribution in [-0.2, 0) is 0 Å². The van der Waals surface area contributed by atoms with Crippen LogP contribution in [0.15, 0.2) is 18.2 Å². The van der Waals surface area contributed by atoms with E-state index < -0.39 is 0 Å². The molecule has 1 heterocycles. The van der Waals surface area contributed by atoms with E-state index >= 15 is 0 Å². The molecule has 0 aromatic heterocycles. The van der Waals surface area contributed by atoms with Crippen molar-refractivity contribution in [3.05, 3.63) is 29.6 Å². The van der Waals surface area contributed by atoms with Crippen molar-refractivity contribution in [1.29, 1.82) is 0 Å². The van der Waals surface area contributed by atoms with Gasteiger partial charge in [0, 0.05) is 24.8 Å². The van der Waals surface area contributed by atoms with Gasteiger partial charge in [-0.3, -0.25) is 0 Å². The van der Waals surface area contributed by atoms with Gasteiger partial charge >= 0.3 is 0 Å². The summed E-state index contributed by atoms with van der Waals surface area (Å²) >= 11 is 0. The molecule has 2 N–H and O–H groups in total. The van der Waals surface area contributed by atoms with Gasteiger partial charge in [-0.15, -0.1) is 0 Å². The second kappa shape index (κ2) is 6.19. The number of rotatable bonds is 2. The first kappa shape index (κ1) is 13.3. The van der Waals surface area contributed by atoms with Crippen LogP contribution >= 0.6 is 0 Å². The van der Waals surface area contributed by atoms with Crippen LogP contribution < -0.4 is 10.6 Å². The highest BCUT2D eigenvalue weighted by Crippen LogP contribution is 2.28. The third-order valence-corrected chi connectivity index (χ3v) is 3.68. The SMILES string of the molecule is C[C@H](N)c1cc(F)ccc1N1CCCCCCC1. The predicted molar refractivity (Wildman–Crippen MR) is 74.3 cm³/mol. The Bertz CT molecular complexity index is 382. The molecule has 0 saturated carbocycles. The predicted octanol–water partition coefficient (Wildman–Crippen LogP) is 3.62. The molecule has 1 aromatic carbocycles. The summed E-state index contributed by atoms with van der Waals surface area (Å²) in [5.41, 5.74) is 8.01. The highest BCUT2D eigenvalue weighted by atomic mass is 19.1. The number of halogens is 1. The van der Waals surface area contributed by atoms with Crippen molar-refractivity contribution >= 4 is 5.69 Å². The average molecular weight is 250 g/mol. The van der Waals surface area contributed by atoms with E-state index in [9.17, 15) is 4.39 Å². The monoisotopic (exact) mass is 250 g/mol. The Labute approximate surface area is 109 Å². The number of hydrogen-bond donors (Lipinski definition) is 1. The Morgan fingerprint density at radius 1 is 1.11 bits per heavy atom. The van der Waals surface area contributed by atoms with E-state index in [1.807, 2.05) is 13.0 Å². The average Bonchev–Trinajstić information content (AvgIpc) is 2.29. The van der Waals surface area contributed by atoms with Crippen LogP contribution in [0.25, 0.3) is 0 Å². The number of anilines is 1. The summed E-state index contributed by atoms with van der Waals surface area (Å²) in [6.07, 6.45) is 6.37. The number of benzene rings is 1. The molecule has 18 heavy (non-hydrogen) atoms. The van der Waals surface area contributed by atoms with Crippen molar-refractivity contribution < 1.29 is 4.39 Å². The molecule has 0 aliphatic carbocycles. The minimum Gasteiger partial charge on any atom is -0.371 e. The van der Waals surface area contributed by atoms with E-state index in [0.29, 0.717) is 0 Å². The highest BCUT2D eigenvalue weighted by molar-refractivity contribution is 5.55. The van der Waals surface area contributed by atoms with Crippen molar-refractivity contribution in [1.82, 2.24) is 0 Å². The van der Waals surface area contributed by atoms with E-state index in [0.717, 1.165) is 24.3 Å². The van der Waals surface area contributed by atoms with Crippen LogP contribution in [0.1, 0.15) is 50.6 Å². The molecule has 100 valence electrons. The molecule has 1 atom stereocenters. The fourth-order valence-electron chi connectivity index (χ4n) is 2.67. The summed E-state index contributed by atoms with van der Waals surface area (Å²) in [5.74, 6) is -0.196. The van der Waals surface area contributed by atoms with Gasteiger partial charge in [-0.1, -0.05) is 19.3 Å². The maximum Gasteiger partial charge on any atom is 0.123 e. The smallest absolute Gasteiger partial charge is 0.123 e. The minimum atomic E-state index is -0.196. The summed E-state index contributed by atoms with van der Waals surface area (Å²) in [5, 5.41) is 0. The summed E-state index contributed by atoms with van der Waals surface area (Å²) in [4.78, 5) is 2.37. The zero-order valence-corrected chi connectivity index (χ0v) is 11.2. The molecule has 1 saturated heterocycles. The quantitative estimate of drug-likeness (QED) is 0.868. The number of nitrogens with two attached hydrogens (primary N) is 1. The van der Waals surface area contributed by atoms with Crippen molar-refractivity contribution in [3.63, 3.8) is 0 Å². The van der Waals surface area contributed by atoms with Gasteiger partial charge < -0.3 is 10.6 Å². The van der Waals surface area contributed by atoms with Gasteiger partial charge in [0.2, 0.25) is 0 Å². The molecule has 2 rings (SSSR count). The summed E-state index contributed by atoms with van der Waals surface area (Å²) in [6, 6.07) is 4.88. The summed E-state index contributed by atoms with van der Waals surface area (Å²) < 4.78 is 13.3. The molecule has 2 nitrogen and oxygen atoms in total. The molecule has 1 aliphatic heterocycles. The molecule has 0 amide bonds. The highest BCUT2D eigenvalue weighted by Gasteiger charge is 2.15. The van der Waals surface area contributed by atoms with Crippen LogP contribution in [0.3, 0.4) is 0 Å². The van der Waals surface area contributed by atoms with Gasteiger partial charge in [-0.2, -0.15) is 0 Å². The lowest BCUT2D eigenvalue weighted by atomic mass is 10.0. The molecule has 3 heteroatoms. The molecule has 0 radical (unpaired) electrons. The Kier molecular flexibility index (Phi) is 4.59. The number of hydrogen-bond acceptors (Lipinski definition) is 2. The Hall–Kier alpha value is -1.09. The lowest BCUT2D eigenvalue weighted by molar-refractivity contribution is 0.553. The standard InChI is InChI=1S/C15H23FN2/c1-12(17)14-11-13(16)7-8-15(14)18-9-5-3-2-4-6-10-18/h7-8,11-12H,2-6,9-10,17H2,1H3/t12-/m0/s1. The number of nitrogens with zero attached hydrogens (tertiary/aromatic N) is 1. The fraction of sp³-hybridized carbons (Fsp3) is 0.600. The largest absolute Gasteiger partial charge is 0.371 e. The molecular formula is C15H23FN2. The molecule has 1 aliphatic rings. The van der Waals surface area contributed by atoms with Gasteiger partial charge in [-0.25, -0.2) is 4.39 Å². The first-order chi connectivity index (χ1) is 8.68. The van der Waals surface area contributed by atoms with Crippen LogP contribution in [0.4, 0.5) is 10.1 Å². The van der Waals surface area contributed by atoms with E-state index in [1.165, 1.54) is 32.1 Å². The Morgan fingerprint density at radius 2 is 1.72 bits per heavy atom. The van der Waals surface area contributed by atoms with Crippen LogP contribution in [-0.4, -0.2) is 13.1 Å². The second-order valence-electron chi connectivity index (χ2n) is 5.25. The first-order valence-electron chi connectivity index (χ1n) is 6.98. The van der Waals surface area contributed by atoms with Crippen molar-refractivity contribution in [2.24, 2.45) is 5.73 Å². The Morgan fingerprint density at radius 3 is 2.33 bits per heavy atom. The zero-order chi connectivity index (χ0) is 13.0. The first-order valence-corrected chi connectivity index (χ1v) is 6.98. The van der Waals surface area contributed by atoms with Crippen molar-refractivity contribution in [2.75, 3.05) is 18.0 Å². The van der Waals surface area contributed by atoms with E-state index in [2.05, 4.69) is 4.90 Å². The van der Waals surface area contributed by atoms with Crippen LogP contribution in [0.5, 0.6) is 0 Å². The second-order valence-corrected chi connectivity index (χ2v) is 5.25. The molecule has 1 fully saturated rings. The molecule has 1 aromatic rings. The minimum absolute atomic E-state index is 0.124. The topological polar surface area (TPSA) is 29.3 Å². The summed E-state index contributed by atoms with van der Waals surface area (Å²) in [7, 11) is 0. The zero-order valence-electron chi connectivity index (χ0n) is 11.2. The van der Waals surface area contributed by atoms with Gasteiger partial charge in [0.15, 0.2) is 0 Å². The van der Waals surface area contributed by atoms with Crippen LogP contribution in [0, 0.1) is 5.82 Å². The summed E-state index contributed by atoms with van der Waals surface area (Å²) in [6.45, 7) is 4.04. The van der Waals surface area contributed by atoms with Crippen molar-refractivity contribution in [2.45, 2.75) is 45.1 Å². The molecule has 0 unspecified atom stereocenters. The fourth-order valence-corrected chi connectivity index (χ4v) is 2.67. The lowest BCUT2D eigenvalue weighted by Gasteiger charge is -2.29. The van der Waals surface area contributed by atoms with Crippen LogP contribution in [0.2, 0.25) is 0 Å². The maximum absolute atomic E-state index is 13.3. The third-order valence-electron chi connectivity index (χ3n) is 3.68. The molecule has 0 bridgehead atoms. The lowest BCUT2D eigenvalue weighted by Crippen LogP contribution is -2.28. The van der Waals surface area contributed by atoms with Gasteiger partial charge in [0.25, 0.3) is 0 Å². The Balaban J connectivity index is 2.24. The third kappa shape index (κ3) is 3.22. The molecular weight excluding hydrogens is 227 g/mol. The maximum atomic E-state index is 13.3.